The first-order valence-electron chi connectivity index (χ1n) is 4.67. The Hall–Kier alpha value is -0.610. The minimum atomic E-state index is -0.769. The molecule has 4 heteroatoms. The highest BCUT2D eigenvalue weighted by molar-refractivity contribution is 5.73. The first-order chi connectivity index (χ1) is 6.22. The van der Waals surface area contributed by atoms with Crippen molar-refractivity contribution < 1.29 is 14.6 Å². The molecule has 0 aliphatic rings. The maximum absolute atomic E-state index is 10.6. The molecular weight excluding hydrogens is 170 g/mol. The van der Waals surface area contributed by atoms with E-state index < -0.39 is 12.0 Å². The lowest BCUT2D eigenvalue weighted by Gasteiger charge is -2.11. The number of ether oxygens (including phenoxy) is 1. The highest BCUT2D eigenvalue weighted by Crippen LogP contribution is 1.93. The first-order valence-corrected chi connectivity index (χ1v) is 4.67. The molecule has 0 aromatic heterocycles. The van der Waals surface area contributed by atoms with Gasteiger partial charge in [0.2, 0.25) is 0 Å². The predicted molar refractivity (Wildman–Crippen MR) is 50.8 cm³/mol. The quantitative estimate of drug-likeness (QED) is 0.556. The topological polar surface area (TPSA) is 58.6 Å². The number of carboxylic acid groups (broad SMARTS) is 1. The lowest BCUT2D eigenvalue weighted by atomic mass is 10.2. The van der Waals surface area contributed by atoms with Crippen LogP contribution in [0.15, 0.2) is 0 Å². The molecule has 0 aromatic carbocycles. The number of methoxy groups -OCH3 is 1. The zero-order valence-electron chi connectivity index (χ0n) is 8.38. The molecule has 0 aliphatic heterocycles. The van der Waals surface area contributed by atoms with Crippen LogP contribution in [-0.4, -0.2) is 37.4 Å². The second-order valence-corrected chi connectivity index (χ2v) is 2.95. The lowest BCUT2D eigenvalue weighted by Crippen LogP contribution is -2.36. The van der Waals surface area contributed by atoms with Crippen molar-refractivity contribution in [1.29, 1.82) is 0 Å². The van der Waals surface area contributed by atoms with E-state index in [1.165, 1.54) is 0 Å². The SMILES string of the molecule is CCC(NCCCCOC)C(=O)O. The van der Waals surface area contributed by atoms with Gasteiger partial charge in [-0.15, -0.1) is 0 Å². The van der Waals surface area contributed by atoms with E-state index in [1.807, 2.05) is 6.92 Å². The number of aliphatic carboxylic acids is 1. The number of hydrogen-bond donors (Lipinski definition) is 2. The van der Waals surface area contributed by atoms with Gasteiger partial charge in [-0.05, 0) is 25.8 Å². The fourth-order valence-corrected chi connectivity index (χ4v) is 1.05. The van der Waals surface area contributed by atoms with Crippen molar-refractivity contribution in [3.63, 3.8) is 0 Å². The molecule has 78 valence electrons. The van der Waals surface area contributed by atoms with E-state index in [9.17, 15) is 4.79 Å². The Bertz CT molecular complexity index is 139. The van der Waals surface area contributed by atoms with Crippen LogP contribution in [0.3, 0.4) is 0 Å². The van der Waals surface area contributed by atoms with Crippen LogP contribution in [0.1, 0.15) is 26.2 Å². The van der Waals surface area contributed by atoms with Gasteiger partial charge in [-0.2, -0.15) is 0 Å². The molecule has 0 heterocycles. The number of unbranched alkanes of at least 4 members (excludes halogenated alkanes) is 1. The Kier molecular flexibility index (Phi) is 7.63. The van der Waals surface area contributed by atoms with Gasteiger partial charge in [-0.1, -0.05) is 6.92 Å². The van der Waals surface area contributed by atoms with Gasteiger partial charge in [0, 0.05) is 13.7 Å². The predicted octanol–water partition coefficient (Wildman–Crippen LogP) is 0.866. The average molecular weight is 189 g/mol. The van der Waals surface area contributed by atoms with E-state index in [0.29, 0.717) is 6.42 Å². The molecule has 0 rings (SSSR count). The summed E-state index contributed by atoms with van der Waals surface area (Å²) >= 11 is 0. The maximum atomic E-state index is 10.6. The van der Waals surface area contributed by atoms with Gasteiger partial charge in [0.25, 0.3) is 0 Å². The summed E-state index contributed by atoms with van der Waals surface area (Å²) in [6.45, 7) is 3.35. The maximum Gasteiger partial charge on any atom is 0.320 e. The van der Waals surface area contributed by atoms with Crippen molar-refractivity contribution in [3.8, 4) is 0 Å². The van der Waals surface area contributed by atoms with Crippen LogP contribution in [0.25, 0.3) is 0 Å². The van der Waals surface area contributed by atoms with Crippen LogP contribution in [-0.2, 0) is 9.53 Å². The molecule has 2 N–H and O–H groups in total. The van der Waals surface area contributed by atoms with Crippen LogP contribution in [0.4, 0.5) is 0 Å². The average Bonchev–Trinajstić information content (AvgIpc) is 2.10. The monoisotopic (exact) mass is 189 g/mol. The third kappa shape index (κ3) is 6.54. The molecular formula is C9H19NO3. The summed E-state index contributed by atoms with van der Waals surface area (Å²) in [6, 6.07) is -0.400. The van der Waals surface area contributed by atoms with E-state index in [4.69, 9.17) is 9.84 Å². The highest BCUT2D eigenvalue weighted by atomic mass is 16.5. The molecule has 0 aliphatic carbocycles. The van der Waals surface area contributed by atoms with Crippen LogP contribution in [0.5, 0.6) is 0 Å². The molecule has 0 spiro atoms. The molecule has 0 saturated heterocycles. The summed E-state index contributed by atoms with van der Waals surface area (Å²) in [5, 5.41) is 11.7. The van der Waals surface area contributed by atoms with Crippen LogP contribution < -0.4 is 5.32 Å². The second kappa shape index (κ2) is 8.01. The van der Waals surface area contributed by atoms with Crippen LogP contribution >= 0.6 is 0 Å². The molecule has 0 fully saturated rings. The van der Waals surface area contributed by atoms with Gasteiger partial charge in [0.05, 0.1) is 0 Å². The van der Waals surface area contributed by atoms with E-state index >= 15 is 0 Å². The van der Waals surface area contributed by atoms with Crippen LogP contribution in [0.2, 0.25) is 0 Å². The molecule has 13 heavy (non-hydrogen) atoms. The van der Waals surface area contributed by atoms with E-state index in [-0.39, 0.29) is 0 Å². The first kappa shape index (κ1) is 12.4. The Morgan fingerprint density at radius 2 is 2.23 bits per heavy atom. The van der Waals surface area contributed by atoms with Gasteiger partial charge in [0.15, 0.2) is 0 Å². The fourth-order valence-electron chi connectivity index (χ4n) is 1.05. The number of carbonyl (C=O) groups is 1. The molecule has 0 aromatic rings. The largest absolute Gasteiger partial charge is 0.480 e. The molecule has 0 bridgehead atoms. The van der Waals surface area contributed by atoms with Crippen molar-refractivity contribution in [2.24, 2.45) is 0 Å². The fraction of sp³-hybridized carbons (Fsp3) is 0.889. The van der Waals surface area contributed by atoms with Crippen molar-refractivity contribution in [2.45, 2.75) is 32.2 Å². The van der Waals surface area contributed by atoms with Crippen LogP contribution in [0, 0.1) is 0 Å². The Morgan fingerprint density at radius 3 is 2.69 bits per heavy atom. The highest BCUT2D eigenvalue weighted by Gasteiger charge is 2.12. The zero-order chi connectivity index (χ0) is 10.1. The van der Waals surface area contributed by atoms with Gasteiger partial charge in [0.1, 0.15) is 6.04 Å². The van der Waals surface area contributed by atoms with E-state index in [1.54, 1.807) is 7.11 Å². The smallest absolute Gasteiger partial charge is 0.320 e. The second-order valence-electron chi connectivity index (χ2n) is 2.95. The molecule has 1 unspecified atom stereocenters. The molecule has 0 radical (unpaired) electrons. The number of nitrogens with one attached hydrogen (secondary N) is 1. The molecule has 0 amide bonds. The summed E-state index contributed by atoms with van der Waals surface area (Å²) in [5.74, 6) is -0.769. The molecule has 0 saturated carbocycles. The minimum absolute atomic E-state index is 0.400. The summed E-state index contributed by atoms with van der Waals surface area (Å²) in [4.78, 5) is 10.6. The summed E-state index contributed by atoms with van der Waals surface area (Å²) in [7, 11) is 1.67. The Morgan fingerprint density at radius 1 is 1.54 bits per heavy atom. The standard InChI is InChI=1S/C9H19NO3/c1-3-8(9(11)12)10-6-4-5-7-13-2/h8,10H,3-7H2,1-2H3,(H,11,12). The van der Waals surface area contributed by atoms with Crippen molar-refractivity contribution >= 4 is 5.97 Å². The number of carboxylic acids is 1. The van der Waals surface area contributed by atoms with Gasteiger partial charge >= 0.3 is 5.97 Å². The summed E-state index contributed by atoms with van der Waals surface area (Å²) in [5.41, 5.74) is 0. The van der Waals surface area contributed by atoms with Crippen molar-refractivity contribution in [1.82, 2.24) is 5.32 Å². The summed E-state index contributed by atoms with van der Waals surface area (Å²) in [6.07, 6.45) is 2.55. The number of hydrogen-bond acceptors (Lipinski definition) is 3. The third-order valence-corrected chi connectivity index (χ3v) is 1.87. The molecule has 1 atom stereocenters. The van der Waals surface area contributed by atoms with Gasteiger partial charge in [-0.25, -0.2) is 0 Å². The summed E-state index contributed by atoms with van der Waals surface area (Å²) < 4.78 is 4.88. The minimum Gasteiger partial charge on any atom is -0.480 e. The number of rotatable bonds is 8. The van der Waals surface area contributed by atoms with Crippen molar-refractivity contribution in [3.05, 3.63) is 0 Å². The van der Waals surface area contributed by atoms with Gasteiger partial charge in [-0.3, -0.25) is 4.79 Å². The third-order valence-electron chi connectivity index (χ3n) is 1.87. The Labute approximate surface area is 79.3 Å². The molecule has 4 nitrogen and oxygen atoms in total. The van der Waals surface area contributed by atoms with Crippen molar-refractivity contribution in [2.75, 3.05) is 20.3 Å². The van der Waals surface area contributed by atoms with E-state index in [0.717, 1.165) is 26.0 Å². The lowest BCUT2D eigenvalue weighted by molar-refractivity contribution is -0.139. The normalized spacial score (nSPS) is 12.8. The Balaban J connectivity index is 3.33. The van der Waals surface area contributed by atoms with E-state index in [2.05, 4.69) is 5.32 Å². The zero-order valence-corrected chi connectivity index (χ0v) is 8.38. The van der Waals surface area contributed by atoms with Gasteiger partial charge < -0.3 is 15.2 Å².